The fourth-order valence-electron chi connectivity index (χ4n) is 1.69. The van der Waals surface area contributed by atoms with Crippen LogP contribution >= 0.6 is 0 Å². The molecule has 0 radical (unpaired) electrons. The van der Waals surface area contributed by atoms with Crippen LogP contribution in [0.1, 0.15) is 24.2 Å². The minimum Gasteiger partial charge on any atom is -0.465 e. The molecule has 7 nitrogen and oxygen atoms in total. The minimum atomic E-state index is -1.21. The zero-order valence-electron chi connectivity index (χ0n) is 13.4. The van der Waals surface area contributed by atoms with E-state index in [-0.39, 0.29) is 19.1 Å². The van der Waals surface area contributed by atoms with Crippen molar-refractivity contribution in [3.8, 4) is 0 Å². The maximum absolute atomic E-state index is 11.8. The van der Waals surface area contributed by atoms with E-state index in [1.165, 1.54) is 13.3 Å². The van der Waals surface area contributed by atoms with Gasteiger partial charge in [0.15, 0.2) is 5.92 Å². The number of hydrogen-bond acceptors (Lipinski definition) is 6. The highest BCUT2D eigenvalue weighted by Crippen LogP contribution is 2.14. The van der Waals surface area contributed by atoms with Crippen molar-refractivity contribution in [2.45, 2.75) is 13.8 Å². The molecule has 124 valence electrons. The first-order chi connectivity index (χ1) is 11.0. The number of hydrogen-bond donors (Lipinski definition) is 1. The smallest absolute Gasteiger partial charge is 0.325 e. The van der Waals surface area contributed by atoms with Gasteiger partial charge in [0.25, 0.3) is 5.91 Å². The molecule has 0 unspecified atom stereocenters. The van der Waals surface area contributed by atoms with Gasteiger partial charge in [0, 0.05) is 18.8 Å². The molecule has 0 bridgehead atoms. The van der Waals surface area contributed by atoms with Gasteiger partial charge in [-0.3, -0.25) is 19.4 Å². The maximum Gasteiger partial charge on any atom is 0.325 e. The van der Waals surface area contributed by atoms with E-state index in [9.17, 15) is 14.4 Å². The Kier molecular flexibility index (Phi) is 7.45. The average molecular weight is 320 g/mol. The highest BCUT2D eigenvalue weighted by molar-refractivity contribution is 6.09. The number of benzene rings is 1. The fourth-order valence-corrected chi connectivity index (χ4v) is 1.69. The quantitative estimate of drug-likeness (QED) is 0.467. The van der Waals surface area contributed by atoms with E-state index in [1.54, 1.807) is 38.1 Å². The van der Waals surface area contributed by atoms with Gasteiger partial charge in [0.1, 0.15) is 0 Å². The van der Waals surface area contributed by atoms with Gasteiger partial charge < -0.3 is 14.8 Å². The lowest BCUT2D eigenvalue weighted by Crippen LogP contribution is -2.29. The second-order valence-corrected chi connectivity index (χ2v) is 4.39. The molecule has 1 rings (SSSR count). The summed E-state index contributed by atoms with van der Waals surface area (Å²) in [5, 5.41) is 2.51. The zero-order valence-corrected chi connectivity index (χ0v) is 13.4. The Morgan fingerprint density at radius 1 is 1.09 bits per heavy atom. The summed E-state index contributed by atoms with van der Waals surface area (Å²) in [6, 6.07) is 6.40. The summed E-state index contributed by atoms with van der Waals surface area (Å²) >= 11 is 0. The molecule has 0 saturated carbocycles. The Morgan fingerprint density at radius 2 is 1.61 bits per heavy atom. The molecule has 0 aliphatic carbocycles. The lowest BCUT2D eigenvalue weighted by Gasteiger charge is -2.10. The molecule has 0 fully saturated rings. The molecule has 0 atom stereocenters. The summed E-state index contributed by atoms with van der Waals surface area (Å²) in [4.78, 5) is 39.1. The first-order valence-electron chi connectivity index (χ1n) is 7.23. The van der Waals surface area contributed by atoms with E-state index >= 15 is 0 Å². The molecule has 1 aromatic carbocycles. The SMILES string of the molecule is CCOC(=O)C(C=Nc1ccc(C(=O)NC)cc1)C(=O)OCC. The van der Waals surface area contributed by atoms with Crippen molar-refractivity contribution in [3.05, 3.63) is 29.8 Å². The van der Waals surface area contributed by atoms with E-state index in [1.807, 2.05) is 0 Å². The van der Waals surface area contributed by atoms with Crippen LogP contribution in [-0.2, 0) is 19.1 Å². The van der Waals surface area contributed by atoms with Gasteiger partial charge in [0.2, 0.25) is 0 Å². The molecule has 0 aromatic heterocycles. The predicted molar refractivity (Wildman–Crippen MR) is 84.7 cm³/mol. The molecule has 1 N–H and O–H groups in total. The number of nitrogens with one attached hydrogen (secondary N) is 1. The Labute approximate surface area is 134 Å². The summed E-state index contributed by atoms with van der Waals surface area (Å²) < 4.78 is 9.68. The Morgan fingerprint density at radius 3 is 2.04 bits per heavy atom. The maximum atomic E-state index is 11.8. The second-order valence-electron chi connectivity index (χ2n) is 4.39. The predicted octanol–water partition coefficient (Wildman–Crippen LogP) is 1.49. The molecule has 0 saturated heterocycles. The zero-order chi connectivity index (χ0) is 17.2. The molecule has 1 amide bonds. The summed E-state index contributed by atoms with van der Waals surface area (Å²) in [6.07, 6.45) is 1.19. The van der Waals surface area contributed by atoms with Gasteiger partial charge in [-0.1, -0.05) is 0 Å². The van der Waals surface area contributed by atoms with E-state index in [0.29, 0.717) is 11.3 Å². The lowest BCUT2D eigenvalue weighted by atomic mass is 10.1. The van der Waals surface area contributed by atoms with Crippen LogP contribution < -0.4 is 5.32 Å². The monoisotopic (exact) mass is 320 g/mol. The highest BCUT2D eigenvalue weighted by Gasteiger charge is 2.27. The molecule has 23 heavy (non-hydrogen) atoms. The van der Waals surface area contributed by atoms with Crippen molar-refractivity contribution in [2.24, 2.45) is 10.9 Å². The number of aliphatic imine (C=N–C) groups is 1. The second kappa shape index (κ2) is 9.34. The van der Waals surface area contributed by atoms with Crippen LogP contribution in [0.3, 0.4) is 0 Å². The lowest BCUT2D eigenvalue weighted by molar-refractivity contribution is -0.157. The topological polar surface area (TPSA) is 94.1 Å². The molecule has 0 aliphatic heterocycles. The number of amides is 1. The van der Waals surface area contributed by atoms with Gasteiger partial charge in [0.05, 0.1) is 18.9 Å². The van der Waals surface area contributed by atoms with E-state index < -0.39 is 17.9 Å². The number of nitrogens with zero attached hydrogens (tertiary/aromatic N) is 1. The van der Waals surface area contributed by atoms with E-state index in [4.69, 9.17) is 9.47 Å². The van der Waals surface area contributed by atoms with Crippen molar-refractivity contribution in [1.82, 2.24) is 5.32 Å². The van der Waals surface area contributed by atoms with Crippen molar-refractivity contribution in [2.75, 3.05) is 20.3 Å². The van der Waals surface area contributed by atoms with Gasteiger partial charge in [-0.05, 0) is 38.1 Å². The van der Waals surface area contributed by atoms with Crippen molar-refractivity contribution < 1.29 is 23.9 Å². The normalized spacial score (nSPS) is 10.6. The molecular weight excluding hydrogens is 300 g/mol. The van der Waals surface area contributed by atoms with Crippen LogP contribution in [0, 0.1) is 5.92 Å². The van der Waals surface area contributed by atoms with Gasteiger partial charge in [-0.15, -0.1) is 0 Å². The third-order valence-electron chi connectivity index (χ3n) is 2.81. The summed E-state index contributed by atoms with van der Waals surface area (Å²) in [5.74, 6) is -2.85. The van der Waals surface area contributed by atoms with Crippen LogP contribution in [-0.4, -0.2) is 44.3 Å². The molecule has 0 heterocycles. The first kappa shape index (κ1) is 18.3. The number of carbonyl (C=O) groups is 3. The number of ether oxygens (including phenoxy) is 2. The molecule has 1 aromatic rings. The van der Waals surface area contributed by atoms with Crippen LogP contribution in [0.15, 0.2) is 29.3 Å². The number of rotatable bonds is 7. The van der Waals surface area contributed by atoms with Crippen LogP contribution in [0.25, 0.3) is 0 Å². The van der Waals surface area contributed by atoms with Crippen molar-refractivity contribution >= 4 is 29.7 Å². The summed E-state index contributed by atoms with van der Waals surface area (Å²) in [5.41, 5.74) is 0.982. The largest absolute Gasteiger partial charge is 0.465 e. The van der Waals surface area contributed by atoms with Crippen LogP contribution in [0.5, 0.6) is 0 Å². The Balaban J connectivity index is 2.89. The summed E-state index contributed by atoms with van der Waals surface area (Å²) in [6.45, 7) is 3.61. The number of esters is 2. The van der Waals surface area contributed by atoms with E-state index in [0.717, 1.165) is 0 Å². The van der Waals surface area contributed by atoms with Gasteiger partial charge >= 0.3 is 11.9 Å². The first-order valence-corrected chi connectivity index (χ1v) is 7.23. The molecule has 0 spiro atoms. The van der Waals surface area contributed by atoms with Gasteiger partial charge in [-0.25, -0.2) is 0 Å². The third kappa shape index (κ3) is 5.54. The molecule has 7 heteroatoms. The van der Waals surface area contributed by atoms with Gasteiger partial charge in [-0.2, -0.15) is 0 Å². The van der Waals surface area contributed by atoms with Crippen molar-refractivity contribution in [1.29, 1.82) is 0 Å². The molecule has 0 aliphatic rings. The average Bonchev–Trinajstić information content (AvgIpc) is 2.55. The van der Waals surface area contributed by atoms with Crippen LogP contribution in [0.4, 0.5) is 5.69 Å². The molecular formula is C16H20N2O5. The standard InChI is InChI=1S/C16H20N2O5/c1-4-22-15(20)13(16(21)23-5-2)10-18-12-8-6-11(7-9-12)14(19)17-3/h6-10,13H,4-5H2,1-3H3,(H,17,19). The summed E-state index contributed by atoms with van der Waals surface area (Å²) in [7, 11) is 1.54. The minimum absolute atomic E-state index is 0.156. The third-order valence-corrected chi connectivity index (χ3v) is 2.81. The fraction of sp³-hybridized carbons (Fsp3) is 0.375. The highest BCUT2D eigenvalue weighted by atomic mass is 16.6. The van der Waals surface area contributed by atoms with Crippen LogP contribution in [0.2, 0.25) is 0 Å². The Bertz CT molecular complexity index is 563. The van der Waals surface area contributed by atoms with E-state index in [2.05, 4.69) is 10.3 Å². The number of carbonyl (C=O) groups excluding carboxylic acids is 3. The van der Waals surface area contributed by atoms with Crippen molar-refractivity contribution in [3.63, 3.8) is 0 Å². The Hall–Kier alpha value is -2.70.